The van der Waals surface area contributed by atoms with Crippen molar-refractivity contribution in [1.29, 1.82) is 0 Å². The number of ether oxygens (including phenoxy) is 2. The first-order valence-electron chi connectivity index (χ1n) is 12.4. The van der Waals surface area contributed by atoms with Crippen molar-refractivity contribution >= 4 is 51.5 Å². The number of carbonyl (C=O) groups is 2. The molecule has 0 aliphatic carbocycles. The van der Waals surface area contributed by atoms with E-state index in [1.165, 1.54) is 25.8 Å². The van der Waals surface area contributed by atoms with Crippen molar-refractivity contribution in [2.45, 2.75) is 19.4 Å². The zero-order valence-electron chi connectivity index (χ0n) is 21.4. The van der Waals surface area contributed by atoms with Crippen molar-refractivity contribution in [3.8, 4) is 11.5 Å². The molecule has 39 heavy (non-hydrogen) atoms. The maximum absolute atomic E-state index is 13.6. The molecule has 0 radical (unpaired) electrons. The Hall–Kier alpha value is -4.50. The van der Waals surface area contributed by atoms with E-state index >= 15 is 0 Å². The molecule has 0 saturated carbocycles. The van der Waals surface area contributed by atoms with Crippen LogP contribution in [0.15, 0.2) is 88.9 Å². The number of hydrogen-bond donors (Lipinski definition) is 1. The first-order chi connectivity index (χ1) is 18.9. The molecule has 1 atom stereocenters. The number of nitrogens with zero attached hydrogens (tertiary/aromatic N) is 2. The summed E-state index contributed by atoms with van der Waals surface area (Å²) < 4.78 is 10.8. The molecule has 0 spiro atoms. The standard InChI is InChI=1S/C30H27N3O5S/c1-19(29(35)36)38-25-13-12-20(16-26(25)37-2)17-27-28(34)33(30(39-27)32-22-8-4-3-5-9-22)15-14-21-18-31-24-11-7-6-10-23(21)24/h3-13,16-19,31H,14-15H2,1-2H3,(H,35,36)/p-1/b27-17-,32-30?/t19-/m1/s1. The van der Waals surface area contributed by atoms with Crippen LogP contribution in [0, 0.1) is 0 Å². The minimum absolute atomic E-state index is 0.139. The monoisotopic (exact) mass is 540 g/mol. The molecule has 1 saturated heterocycles. The third kappa shape index (κ3) is 5.83. The lowest BCUT2D eigenvalue weighted by Gasteiger charge is -2.17. The summed E-state index contributed by atoms with van der Waals surface area (Å²) in [7, 11) is 1.47. The number of H-pyrrole nitrogens is 1. The van der Waals surface area contributed by atoms with Gasteiger partial charge in [0, 0.05) is 23.6 Å². The lowest BCUT2D eigenvalue weighted by molar-refractivity contribution is -0.312. The Morgan fingerprint density at radius 3 is 2.64 bits per heavy atom. The fourth-order valence-electron chi connectivity index (χ4n) is 4.23. The summed E-state index contributed by atoms with van der Waals surface area (Å²) in [5.74, 6) is -0.843. The Labute approximate surface area is 230 Å². The van der Waals surface area contributed by atoms with Crippen molar-refractivity contribution in [3.63, 3.8) is 0 Å². The summed E-state index contributed by atoms with van der Waals surface area (Å²) in [5.41, 5.74) is 3.65. The van der Waals surface area contributed by atoms with Crippen LogP contribution in [0.3, 0.4) is 0 Å². The lowest BCUT2D eigenvalue weighted by Crippen LogP contribution is -2.37. The Morgan fingerprint density at radius 1 is 1.10 bits per heavy atom. The third-order valence-electron chi connectivity index (χ3n) is 6.27. The Balaban J connectivity index is 1.43. The molecule has 1 aliphatic heterocycles. The molecule has 198 valence electrons. The zero-order valence-corrected chi connectivity index (χ0v) is 22.2. The number of benzene rings is 3. The quantitative estimate of drug-likeness (QED) is 0.313. The van der Waals surface area contributed by atoms with Gasteiger partial charge in [-0.3, -0.25) is 9.69 Å². The van der Waals surface area contributed by atoms with Gasteiger partial charge >= 0.3 is 0 Å². The molecule has 1 fully saturated rings. The normalized spacial score (nSPS) is 16.3. The number of amidine groups is 1. The first-order valence-corrected chi connectivity index (χ1v) is 13.2. The number of hydrogen-bond acceptors (Lipinski definition) is 7. The van der Waals surface area contributed by atoms with Crippen molar-refractivity contribution in [3.05, 3.63) is 95.0 Å². The molecule has 0 unspecified atom stereocenters. The predicted octanol–water partition coefficient (Wildman–Crippen LogP) is 4.54. The second-order valence-corrected chi connectivity index (χ2v) is 9.91. The van der Waals surface area contributed by atoms with Crippen molar-refractivity contribution in [1.82, 2.24) is 9.88 Å². The maximum atomic E-state index is 13.6. The topological polar surface area (TPSA) is 107 Å². The minimum atomic E-state index is -1.32. The van der Waals surface area contributed by atoms with Gasteiger partial charge in [-0.15, -0.1) is 0 Å². The van der Waals surface area contributed by atoms with E-state index in [4.69, 9.17) is 14.5 Å². The molecule has 5 rings (SSSR count). The van der Waals surface area contributed by atoms with Crippen LogP contribution in [0.25, 0.3) is 17.0 Å². The summed E-state index contributed by atoms with van der Waals surface area (Å²) in [6, 6.07) is 22.7. The Kier molecular flexibility index (Phi) is 7.69. The van der Waals surface area contributed by atoms with E-state index in [0.29, 0.717) is 34.4 Å². The highest BCUT2D eigenvalue weighted by Crippen LogP contribution is 2.36. The number of thioether (sulfide) groups is 1. The van der Waals surface area contributed by atoms with Gasteiger partial charge in [0.15, 0.2) is 16.7 Å². The third-order valence-corrected chi connectivity index (χ3v) is 7.28. The smallest absolute Gasteiger partial charge is 0.266 e. The SMILES string of the molecule is COc1cc(/C=C2\SC(=Nc3ccccc3)N(CCc3c[nH]c4ccccc34)C2=O)ccc1O[C@H](C)C(=O)[O-]. The Morgan fingerprint density at radius 2 is 1.87 bits per heavy atom. The van der Waals surface area contributed by atoms with Gasteiger partial charge < -0.3 is 24.4 Å². The van der Waals surface area contributed by atoms with Crippen LogP contribution in [0.4, 0.5) is 5.69 Å². The van der Waals surface area contributed by atoms with Gasteiger partial charge in [0.05, 0.1) is 23.7 Å². The van der Waals surface area contributed by atoms with Crippen molar-refractivity contribution in [2.24, 2.45) is 4.99 Å². The second-order valence-electron chi connectivity index (χ2n) is 8.90. The van der Waals surface area contributed by atoms with Gasteiger partial charge in [0.2, 0.25) is 0 Å². The number of carboxylic acid groups (broad SMARTS) is 1. The molecule has 1 N–H and O–H groups in total. The number of aliphatic carboxylic acids is 1. The van der Waals surface area contributed by atoms with E-state index in [1.54, 1.807) is 29.2 Å². The van der Waals surface area contributed by atoms with Crippen LogP contribution >= 0.6 is 11.8 Å². The predicted molar refractivity (Wildman–Crippen MR) is 151 cm³/mol. The van der Waals surface area contributed by atoms with Crippen LogP contribution < -0.4 is 14.6 Å². The summed E-state index contributed by atoms with van der Waals surface area (Å²) >= 11 is 1.31. The molecular formula is C30H26N3O5S-. The average molecular weight is 541 g/mol. The lowest BCUT2D eigenvalue weighted by atomic mass is 10.1. The Bertz CT molecular complexity index is 1580. The van der Waals surface area contributed by atoms with E-state index in [1.807, 2.05) is 54.7 Å². The minimum Gasteiger partial charge on any atom is -0.546 e. The number of aromatic amines is 1. The van der Waals surface area contributed by atoms with Crippen LogP contribution in [-0.2, 0) is 16.0 Å². The maximum Gasteiger partial charge on any atom is 0.266 e. The van der Waals surface area contributed by atoms with Gasteiger partial charge in [-0.1, -0.05) is 42.5 Å². The molecule has 2 heterocycles. The number of aliphatic imine (C=N–C) groups is 1. The van der Waals surface area contributed by atoms with Crippen LogP contribution in [-0.4, -0.2) is 46.7 Å². The van der Waals surface area contributed by atoms with E-state index in [2.05, 4.69) is 11.1 Å². The number of methoxy groups -OCH3 is 1. The number of nitrogens with one attached hydrogen (secondary N) is 1. The second kappa shape index (κ2) is 11.5. The molecule has 3 aromatic carbocycles. The van der Waals surface area contributed by atoms with Gasteiger partial charge in [-0.25, -0.2) is 4.99 Å². The average Bonchev–Trinajstić information content (AvgIpc) is 3.48. The zero-order chi connectivity index (χ0) is 27.4. The summed E-state index contributed by atoms with van der Waals surface area (Å²) in [6.45, 7) is 1.85. The molecule has 0 bridgehead atoms. The van der Waals surface area contributed by atoms with E-state index in [9.17, 15) is 14.7 Å². The number of rotatable bonds is 9. The summed E-state index contributed by atoms with van der Waals surface area (Å²) in [4.78, 5) is 35.0. The number of fused-ring (bicyclic) bond motifs is 1. The van der Waals surface area contributed by atoms with Crippen LogP contribution in [0.2, 0.25) is 0 Å². The molecule has 4 aromatic rings. The molecule has 1 amide bonds. The number of para-hydroxylation sites is 2. The fourth-order valence-corrected chi connectivity index (χ4v) is 5.26. The number of amides is 1. The molecular weight excluding hydrogens is 514 g/mol. The highest BCUT2D eigenvalue weighted by Gasteiger charge is 2.33. The van der Waals surface area contributed by atoms with E-state index in [0.717, 1.165) is 22.2 Å². The highest BCUT2D eigenvalue weighted by atomic mass is 32.2. The summed E-state index contributed by atoms with van der Waals surface area (Å²) in [6.07, 6.45) is 3.28. The van der Waals surface area contributed by atoms with Crippen LogP contribution in [0.1, 0.15) is 18.1 Å². The van der Waals surface area contributed by atoms with Gasteiger partial charge in [-0.05, 0) is 72.6 Å². The molecule has 1 aliphatic rings. The largest absolute Gasteiger partial charge is 0.546 e. The fraction of sp³-hybridized carbons (Fsp3) is 0.167. The number of carboxylic acids is 1. The van der Waals surface area contributed by atoms with Gasteiger partial charge in [0.1, 0.15) is 6.10 Å². The van der Waals surface area contributed by atoms with Crippen LogP contribution in [0.5, 0.6) is 11.5 Å². The van der Waals surface area contributed by atoms with Crippen molar-refractivity contribution < 1.29 is 24.2 Å². The number of aromatic nitrogens is 1. The highest BCUT2D eigenvalue weighted by molar-refractivity contribution is 8.18. The van der Waals surface area contributed by atoms with Gasteiger partial charge in [-0.2, -0.15) is 0 Å². The number of carbonyl (C=O) groups excluding carboxylic acids is 2. The van der Waals surface area contributed by atoms with Gasteiger partial charge in [0.25, 0.3) is 5.91 Å². The summed E-state index contributed by atoms with van der Waals surface area (Å²) in [5, 5.41) is 12.8. The molecule has 9 heteroatoms. The molecule has 1 aromatic heterocycles. The van der Waals surface area contributed by atoms with E-state index < -0.39 is 12.1 Å². The van der Waals surface area contributed by atoms with Crippen molar-refractivity contribution in [2.75, 3.05) is 13.7 Å². The first kappa shape index (κ1) is 26.1. The molecule has 8 nitrogen and oxygen atoms in total. The van der Waals surface area contributed by atoms with E-state index in [-0.39, 0.29) is 11.7 Å².